The van der Waals surface area contributed by atoms with Gasteiger partial charge in [0.15, 0.2) is 24.2 Å². The van der Waals surface area contributed by atoms with Crippen LogP contribution in [0, 0.1) is 0 Å². The molecule has 3 aliphatic rings. The Labute approximate surface area is 216 Å². The zero-order valence-electron chi connectivity index (χ0n) is 21.3. The number of nitrogens with zero attached hydrogens (tertiary/aromatic N) is 6. The third kappa shape index (κ3) is 4.48. The van der Waals surface area contributed by atoms with Gasteiger partial charge in [-0.15, -0.1) is 0 Å². The SMILES string of the molecule is CCN(Cc1cc(Nc2nc(C3CC3)cn3c(C4=CC[N+](C)=C4)cnc23)sn1)C1(CO)CCCCC1. The van der Waals surface area contributed by atoms with Crippen LogP contribution in [0.3, 0.4) is 0 Å². The number of aliphatic hydroxyl groups excluding tert-OH is 1. The minimum absolute atomic E-state index is 0.108. The highest BCUT2D eigenvalue weighted by atomic mass is 32.1. The molecule has 0 spiro atoms. The molecule has 3 aromatic rings. The fourth-order valence-electron chi connectivity index (χ4n) is 5.79. The van der Waals surface area contributed by atoms with Gasteiger partial charge in [-0.25, -0.2) is 14.5 Å². The zero-order valence-corrected chi connectivity index (χ0v) is 22.1. The highest BCUT2D eigenvalue weighted by Gasteiger charge is 2.37. The van der Waals surface area contributed by atoms with Crippen LogP contribution < -0.4 is 5.32 Å². The van der Waals surface area contributed by atoms with Gasteiger partial charge in [-0.05, 0) is 55.9 Å². The van der Waals surface area contributed by atoms with E-state index in [4.69, 9.17) is 14.3 Å². The summed E-state index contributed by atoms with van der Waals surface area (Å²) in [7, 11) is 2.09. The lowest BCUT2D eigenvalue weighted by Crippen LogP contribution is -2.52. The van der Waals surface area contributed by atoms with Crippen LogP contribution in [0.1, 0.15) is 74.9 Å². The van der Waals surface area contributed by atoms with Crippen molar-refractivity contribution in [3.63, 3.8) is 0 Å². The van der Waals surface area contributed by atoms with Gasteiger partial charge in [0.25, 0.3) is 0 Å². The van der Waals surface area contributed by atoms with E-state index in [1.54, 1.807) is 0 Å². The molecule has 1 aliphatic heterocycles. The third-order valence-electron chi connectivity index (χ3n) is 8.05. The highest BCUT2D eigenvalue weighted by molar-refractivity contribution is 7.10. The Morgan fingerprint density at radius 1 is 1.28 bits per heavy atom. The predicted octanol–water partition coefficient (Wildman–Crippen LogP) is 4.43. The van der Waals surface area contributed by atoms with Crippen molar-refractivity contribution in [2.75, 3.05) is 32.1 Å². The van der Waals surface area contributed by atoms with E-state index in [1.165, 1.54) is 49.2 Å². The number of nitrogens with one attached hydrogen (secondary N) is 1. The standard InChI is InChI=1S/C27H36N7OS/c1-3-33(27(18-35)10-5-4-6-11-27)16-21-13-24(36-31-21)30-25-26-28-14-23(20-9-12-32(2)15-20)34(26)17-22(29-25)19-7-8-19/h9,13-15,17,19,35H,3-8,10-12,16,18H2,1-2H3,(H,29,30)/q+1. The quantitative estimate of drug-likeness (QED) is 0.418. The number of hydrogen-bond acceptors (Lipinski definition) is 7. The molecule has 0 bridgehead atoms. The predicted molar refractivity (Wildman–Crippen MR) is 144 cm³/mol. The van der Waals surface area contributed by atoms with Crippen LogP contribution >= 0.6 is 11.5 Å². The molecule has 0 radical (unpaired) electrons. The summed E-state index contributed by atoms with van der Waals surface area (Å²) in [6, 6.07) is 2.13. The lowest BCUT2D eigenvalue weighted by Gasteiger charge is -2.45. The summed E-state index contributed by atoms with van der Waals surface area (Å²) in [5.74, 6) is 1.33. The number of allylic oxidation sites excluding steroid dienone is 1. The third-order valence-corrected chi connectivity index (χ3v) is 8.79. The van der Waals surface area contributed by atoms with Crippen LogP contribution in [0.25, 0.3) is 11.2 Å². The molecule has 0 amide bonds. The molecule has 8 nitrogen and oxygen atoms in total. The first-order valence-electron chi connectivity index (χ1n) is 13.3. The van der Waals surface area contributed by atoms with Gasteiger partial charge in [-0.2, -0.15) is 4.37 Å². The fourth-order valence-corrected chi connectivity index (χ4v) is 6.45. The maximum Gasteiger partial charge on any atom is 0.180 e. The van der Waals surface area contributed by atoms with Gasteiger partial charge in [-0.1, -0.05) is 26.2 Å². The maximum absolute atomic E-state index is 10.3. The summed E-state index contributed by atoms with van der Waals surface area (Å²) < 4.78 is 9.15. The molecule has 2 fully saturated rings. The van der Waals surface area contributed by atoms with Gasteiger partial charge in [0, 0.05) is 24.2 Å². The van der Waals surface area contributed by atoms with Gasteiger partial charge in [0.2, 0.25) is 0 Å². The molecular formula is C27H36N7OS+. The minimum atomic E-state index is -0.108. The lowest BCUT2D eigenvalue weighted by atomic mass is 9.80. The van der Waals surface area contributed by atoms with Gasteiger partial charge in [-0.3, -0.25) is 9.30 Å². The van der Waals surface area contributed by atoms with Crippen molar-refractivity contribution < 1.29 is 9.68 Å². The van der Waals surface area contributed by atoms with Crippen molar-refractivity contribution in [1.29, 1.82) is 0 Å². The normalized spacial score (nSPS) is 19.7. The molecule has 4 heterocycles. The second-order valence-electron chi connectivity index (χ2n) is 10.6. The van der Waals surface area contributed by atoms with Gasteiger partial charge in [0.05, 0.1) is 35.5 Å². The van der Waals surface area contributed by atoms with E-state index in [9.17, 15) is 5.11 Å². The van der Waals surface area contributed by atoms with Crippen molar-refractivity contribution in [2.45, 2.75) is 69.9 Å². The Morgan fingerprint density at radius 3 is 2.81 bits per heavy atom. The van der Waals surface area contributed by atoms with Crippen LogP contribution in [0.4, 0.5) is 10.8 Å². The van der Waals surface area contributed by atoms with E-state index in [2.05, 4.69) is 57.7 Å². The molecule has 0 unspecified atom stereocenters. The molecule has 36 heavy (non-hydrogen) atoms. The van der Waals surface area contributed by atoms with Gasteiger partial charge < -0.3 is 10.4 Å². The number of fused-ring (bicyclic) bond motifs is 1. The Morgan fingerprint density at radius 2 is 2.11 bits per heavy atom. The van der Waals surface area contributed by atoms with E-state index < -0.39 is 0 Å². The first-order valence-corrected chi connectivity index (χ1v) is 14.1. The van der Waals surface area contributed by atoms with Crippen molar-refractivity contribution in [3.05, 3.63) is 41.6 Å². The van der Waals surface area contributed by atoms with Crippen molar-refractivity contribution in [2.24, 2.45) is 0 Å². The van der Waals surface area contributed by atoms with Crippen molar-refractivity contribution in [1.82, 2.24) is 23.6 Å². The van der Waals surface area contributed by atoms with Gasteiger partial charge >= 0.3 is 0 Å². The molecule has 0 saturated heterocycles. The van der Waals surface area contributed by atoms with Crippen molar-refractivity contribution >= 4 is 39.8 Å². The van der Waals surface area contributed by atoms with Crippen LogP contribution in [0.15, 0.2) is 24.5 Å². The molecule has 2 N–H and O–H groups in total. The molecule has 0 aromatic carbocycles. The van der Waals surface area contributed by atoms with Gasteiger partial charge in [0.1, 0.15) is 12.0 Å². The number of imidazole rings is 1. The molecule has 9 heteroatoms. The topological polar surface area (TPSA) is 81.6 Å². The Balaban J connectivity index is 1.27. The Hall–Kier alpha value is -2.62. The smallest absolute Gasteiger partial charge is 0.180 e. The monoisotopic (exact) mass is 506 g/mol. The molecule has 6 rings (SSSR count). The maximum atomic E-state index is 10.3. The summed E-state index contributed by atoms with van der Waals surface area (Å²) in [4.78, 5) is 12.2. The average Bonchev–Trinajstić information content (AvgIpc) is 3.28. The summed E-state index contributed by atoms with van der Waals surface area (Å²) >= 11 is 1.47. The van der Waals surface area contributed by atoms with Crippen LogP contribution in [-0.2, 0) is 6.54 Å². The molecule has 2 saturated carbocycles. The number of likely N-dealkylation sites (N-methyl/N-ethyl adjacent to an activating group) is 2. The fraction of sp³-hybridized carbons (Fsp3) is 0.556. The summed E-state index contributed by atoms with van der Waals surface area (Å²) in [6.45, 7) is 4.99. The van der Waals surface area contributed by atoms with Crippen LogP contribution in [-0.4, -0.2) is 71.8 Å². The molecule has 0 atom stereocenters. The first kappa shape index (κ1) is 23.8. The second-order valence-corrected chi connectivity index (χ2v) is 11.4. The zero-order chi connectivity index (χ0) is 24.7. The summed E-state index contributed by atoms with van der Waals surface area (Å²) in [5, 5.41) is 14.8. The largest absolute Gasteiger partial charge is 0.394 e. The molecule has 190 valence electrons. The summed E-state index contributed by atoms with van der Waals surface area (Å²) in [6.07, 6.45) is 16.7. The first-order chi connectivity index (χ1) is 17.6. The van der Waals surface area contributed by atoms with Crippen molar-refractivity contribution in [3.8, 4) is 0 Å². The number of anilines is 2. The number of aromatic nitrogens is 4. The number of hydrogen-bond donors (Lipinski definition) is 2. The van der Waals surface area contributed by atoms with E-state index in [0.29, 0.717) is 5.92 Å². The van der Waals surface area contributed by atoms with E-state index >= 15 is 0 Å². The number of rotatable bonds is 9. The lowest BCUT2D eigenvalue weighted by molar-refractivity contribution is -0.477. The molecular weight excluding hydrogens is 470 g/mol. The Bertz CT molecular complexity index is 1310. The highest BCUT2D eigenvalue weighted by Crippen LogP contribution is 2.40. The minimum Gasteiger partial charge on any atom is -0.394 e. The van der Waals surface area contributed by atoms with E-state index in [-0.39, 0.29) is 12.1 Å². The molecule has 2 aliphatic carbocycles. The van der Waals surface area contributed by atoms with E-state index in [1.807, 2.05) is 6.20 Å². The second kappa shape index (κ2) is 9.68. The average molecular weight is 507 g/mol. The summed E-state index contributed by atoms with van der Waals surface area (Å²) in [5.41, 5.74) is 5.19. The Kier molecular flexibility index (Phi) is 6.39. The van der Waals surface area contributed by atoms with Crippen LogP contribution in [0.2, 0.25) is 0 Å². The number of aliphatic hydroxyl groups is 1. The van der Waals surface area contributed by atoms with E-state index in [0.717, 1.165) is 66.0 Å². The molecule has 3 aromatic heterocycles. The van der Waals surface area contributed by atoms with Crippen LogP contribution in [0.5, 0.6) is 0 Å².